The molecule has 1 amide bonds. The number of amides is 1. The maximum Gasteiger partial charge on any atom is 0.252 e. The molecule has 1 aromatic carbocycles. The summed E-state index contributed by atoms with van der Waals surface area (Å²) >= 11 is 1.72. The number of rotatable bonds is 5. The highest BCUT2D eigenvalue weighted by Gasteiger charge is 2.31. The molecule has 3 aliphatic rings. The van der Waals surface area contributed by atoms with Gasteiger partial charge < -0.3 is 5.32 Å². The molecule has 0 aliphatic carbocycles. The normalized spacial score (nSPS) is 27.6. The van der Waals surface area contributed by atoms with Crippen molar-refractivity contribution < 1.29 is 4.79 Å². The fourth-order valence-electron chi connectivity index (χ4n) is 3.16. The van der Waals surface area contributed by atoms with Gasteiger partial charge in [0.1, 0.15) is 0 Å². The number of hydrogen-bond acceptors (Lipinski definition) is 4. The number of hydrogen-bond donors (Lipinski definition) is 1. The molecule has 1 N–H and O–H groups in total. The monoisotopic (exact) mass is 305 g/mol. The molecule has 114 valence electrons. The zero-order valence-electron chi connectivity index (χ0n) is 12.5. The first kappa shape index (κ1) is 14.9. The summed E-state index contributed by atoms with van der Waals surface area (Å²) in [5.41, 5.74) is 0.806. The van der Waals surface area contributed by atoms with Crippen molar-refractivity contribution in [2.75, 3.05) is 45.0 Å². The molecule has 3 saturated heterocycles. The second-order valence-electron chi connectivity index (χ2n) is 5.63. The number of carbonyl (C=O) groups is 1. The number of carbonyl (C=O) groups excluding carboxylic acids is 1. The van der Waals surface area contributed by atoms with E-state index < -0.39 is 0 Å². The van der Waals surface area contributed by atoms with E-state index in [2.05, 4.69) is 22.0 Å². The van der Waals surface area contributed by atoms with Gasteiger partial charge in [-0.1, -0.05) is 19.1 Å². The van der Waals surface area contributed by atoms with E-state index in [9.17, 15) is 4.79 Å². The second-order valence-corrected chi connectivity index (χ2v) is 6.94. The van der Waals surface area contributed by atoms with Gasteiger partial charge in [-0.2, -0.15) is 0 Å². The molecule has 3 aliphatic heterocycles. The molecular formula is C16H23N3OS. The molecule has 2 bridgehead atoms. The molecule has 0 spiro atoms. The quantitative estimate of drug-likeness (QED) is 0.837. The minimum Gasteiger partial charge on any atom is -0.350 e. The van der Waals surface area contributed by atoms with Gasteiger partial charge in [-0.15, -0.1) is 11.8 Å². The average Bonchev–Trinajstić information content (AvgIpc) is 2.54. The minimum atomic E-state index is 0.0594. The van der Waals surface area contributed by atoms with Crippen LogP contribution in [-0.2, 0) is 0 Å². The van der Waals surface area contributed by atoms with E-state index in [0.717, 1.165) is 42.4 Å². The van der Waals surface area contributed by atoms with Gasteiger partial charge in [0, 0.05) is 50.2 Å². The summed E-state index contributed by atoms with van der Waals surface area (Å²) in [6.45, 7) is 8.60. The van der Waals surface area contributed by atoms with E-state index in [4.69, 9.17) is 0 Å². The fraction of sp³-hybridized carbons (Fsp3) is 0.562. The number of fused-ring (bicyclic) bond motifs is 3. The van der Waals surface area contributed by atoms with Gasteiger partial charge >= 0.3 is 0 Å². The number of piperazine rings is 3. The zero-order chi connectivity index (χ0) is 14.7. The molecule has 3 fully saturated rings. The highest BCUT2D eigenvalue weighted by Crippen LogP contribution is 2.22. The third kappa shape index (κ3) is 3.42. The van der Waals surface area contributed by atoms with Crippen LogP contribution in [0, 0.1) is 0 Å². The van der Waals surface area contributed by atoms with E-state index >= 15 is 0 Å². The molecule has 4 rings (SSSR count). The summed E-state index contributed by atoms with van der Waals surface area (Å²) in [5, 5.41) is 3.13. The van der Waals surface area contributed by atoms with Crippen molar-refractivity contribution in [3.05, 3.63) is 29.8 Å². The van der Waals surface area contributed by atoms with Crippen LogP contribution in [0.5, 0.6) is 0 Å². The van der Waals surface area contributed by atoms with Crippen LogP contribution in [-0.4, -0.2) is 66.8 Å². The van der Waals surface area contributed by atoms with Gasteiger partial charge in [0.05, 0.1) is 5.56 Å². The number of benzene rings is 1. The molecule has 21 heavy (non-hydrogen) atoms. The third-order valence-electron chi connectivity index (χ3n) is 4.32. The van der Waals surface area contributed by atoms with Gasteiger partial charge in [0.25, 0.3) is 5.91 Å². The highest BCUT2D eigenvalue weighted by atomic mass is 32.2. The lowest BCUT2D eigenvalue weighted by Crippen LogP contribution is -2.63. The lowest BCUT2D eigenvalue weighted by molar-refractivity contribution is 0.0138. The SMILES string of the molecule is CCSc1ccccc1C(=O)NCC1CN2CCN1CC2. The Kier molecular flexibility index (Phi) is 4.83. The molecule has 0 saturated carbocycles. The Morgan fingerprint density at radius 2 is 2.05 bits per heavy atom. The van der Waals surface area contributed by atoms with E-state index in [0.29, 0.717) is 6.04 Å². The van der Waals surface area contributed by atoms with Gasteiger partial charge in [-0.25, -0.2) is 0 Å². The van der Waals surface area contributed by atoms with Crippen LogP contribution in [0.4, 0.5) is 0 Å². The summed E-state index contributed by atoms with van der Waals surface area (Å²) in [6.07, 6.45) is 0. The Balaban J connectivity index is 1.59. The number of nitrogens with one attached hydrogen (secondary N) is 1. The summed E-state index contributed by atoms with van der Waals surface area (Å²) < 4.78 is 0. The minimum absolute atomic E-state index is 0.0594. The molecule has 1 unspecified atom stereocenters. The van der Waals surface area contributed by atoms with E-state index in [1.807, 2.05) is 24.3 Å². The Bertz CT molecular complexity index is 500. The molecular weight excluding hydrogens is 282 g/mol. The molecule has 0 radical (unpaired) electrons. The molecule has 0 aromatic heterocycles. The first-order chi connectivity index (χ1) is 10.3. The molecule has 1 aromatic rings. The highest BCUT2D eigenvalue weighted by molar-refractivity contribution is 7.99. The van der Waals surface area contributed by atoms with Crippen LogP contribution in [0.1, 0.15) is 17.3 Å². The van der Waals surface area contributed by atoms with Crippen LogP contribution in [0.15, 0.2) is 29.2 Å². The topological polar surface area (TPSA) is 35.6 Å². The van der Waals surface area contributed by atoms with Gasteiger partial charge in [-0.05, 0) is 17.9 Å². The first-order valence-electron chi connectivity index (χ1n) is 7.74. The summed E-state index contributed by atoms with van der Waals surface area (Å²) in [6, 6.07) is 8.35. The molecule has 5 heteroatoms. The van der Waals surface area contributed by atoms with E-state index in [-0.39, 0.29) is 5.91 Å². The first-order valence-corrected chi connectivity index (χ1v) is 8.73. The zero-order valence-corrected chi connectivity index (χ0v) is 13.4. The maximum absolute atomic E-state index is 12.4. The Labute approximate surface area is 130 Å². The van der Waals surface area contributed by atoms with Crippen molar-refractivity contribution in [2.24, 2.45) is 0 Å². The van der Waals surface area contributed by atoms with Crippen molar-refractivity contribution in [1.29, 1.82) is 0 Å². The summed E-state index contributed by atoms with van der Waals surface area (Å²) in [7, 11) is 0. The van der Waals surface area contributed by atoms with Crippen molar-refractivity contribution in [3.8, 4) is 0 Å². The molecule has 4 nitrogen and oxygen atoms in total. The Hall–Kier alpha value is -1.04. The van der Waals surface area contributed by atoms with Crippen molar-refractivity contribution in [3.63, 3.8) is 0 Å². The average molecular weight is 305 g/mol. The lowest BCUT2D eigenvalue weighted by Gasteiger charge is -2.47. The van der Waals surface area contributed by atoms with Gasteiger partial charge in [0.2, 0.25) is 0 Å². The second kappa shape index (κ2) is 6.81. The predicted octanol–water partition coefficient (Wildman–Crippen LogP) is 1.53. The predicted molar refractivity (Wildman–Crippen MR) is 87.0 cm³/mol. The smallest absolute Gasteiger partial charge is 0.252 e. The lowest BCUT2D eigenvalue weighted by atomic mass is 10.1. The van der Waals surface area contributed by atoms with Crippen molar-refractivity contribution in [2.45, 2.75) is 17.9 Å². The Morgan fingerprint density at radius 1 is 1.29 bits per heavy atom. The van der Waals surface area contributed by atoms with Crippen LogP contribution >= 0.6 is 11.8 Å². The summed E-state index contributed by atoms with van der Waals surface area (Å²) in [5.74, 6) is 1.04. The van der Waals surface area contributed by atoms with Crippen LogP contribution in [0.2, 0.25) is 0 Å². The van der Waals surface area contributed by atoms with Crippen LogP contribution in [0.25, 0.3) is 0 Å². The van der Waals surface area contributed by atoms with E-state index in [1.165, 1.54) is 13.1 Å². The standard InChI is InChI=1S/C16H23N3OS/c1-2-21-15-6-4-3-5-14(15)16(20)17-11-13-12-18-7-9-19(13)10-8-18/h3-6,13H,2,7-12H2,1H3,(H,17,20). The number of nitrogens with zero attached hydrogens (tertiary/aromatic N) is 2. The van der Waals surface area contributed by atoms with Crippen molar-refractivity contribution in [1.82, 2.24) is 15.1 Å². The molecule has 3 heterocycles. The maximum atomic E-state index is 12.4. The fourth-order valence-corrected chi connectivity index (χ4v) is 3.96. The van der Waals surface area contributed by atoms with E-state index in [1.54, 1.807) is 11.8 Å². The third-order valence-corrected chi connectivity index (χ3v) is 5.28. The number of thioether (sulfide) groups is 1. The largest absolute Gasteiger partial charge is 0.350 e. The van der Waals surface area contributed by atoms with Gasteiger partial charge in [0.15, 0.2) is 0 Å². The van der Waals surface area contributed by atoms with Gasteiger partial charge in [-0.3, -0.25) is 14.6 Å². The van der Waals surface area contributed by atoms with Crippen LogP contribution < -0.4 is 5.32 Å². The van der Waals surface area contributed by atoms with Crippen molar-refractivity contribution >= 4 is 17.7 Å². The summed E-state index contributed by atoms with van der Waals surface area (Å²) in [4.78, 5) is 18.5. The molecule has 1 atom stereocenters. The Morgan fingerprint density at radius 3 is 2.71 bits per heavy atom. The van der Waals surface area contributed by atoms with Crippen LogP contribution in [0.3, 0.4) is 0 Å².